The van der Waals surface area contributed by atoms with E-state index in [9.17, 15) is 5.11 Å². The standard InChI is InChI=1S/C16H15ClN2O2/c1-21-10-6-7-12(16(20)8-10)15-9-14(18-19-15)11-4-2-3-5-13(11)17/h2-8,14,18,20H,9H2,1H3. The molecule has 0 radical (unpaired) electrons. The monoisotopic (exact) mass is 302 g/mol. The van der Waals surface area contributed by atoms with Crippen LogP contribution in [0.5, 0.6) is 11.5 Å². The molecule has 5 heteroatoms. The fourth-order valence-electron chi connectivity index (χ4n) is 2.43. The van der Waals surface area contributed by atoms with Gasteiger partial charge in [0.2, 0.25) is 0 Å². The summed E-state index contributed by atoms with van der Waals surface area (Å²) in [5, 5.41) is 15.1. The van der Waals surface area contributed by atoms with E-state index in [2.05, 4.69) is 10.5 Å². The van der Waals surface area contributed by atoms with Crippen LogP contribution in [0, 0.1) is 0 Å². The van der Waals surface area contributed by atoms with Gasteiger partial charge in [0, 0.05) is 23.1 Å². The van der Waals surface area contributed by atoms with E-state index in [1.54, 1.807) is 19.2 Å². The lowest BCUT2D eigenvalue weighted by Crippen LogP contribution is -2.10. The molecule has 0 amide bonds. The second kappa shape index (κ2) is 5.66. The Labute approximate surface area is 128 Å². The SMILES string of the molecule is COc1ccc(C2=NNC(c3ccccc3Cl)C2)c(O)c1. The lowest BCUT2D eigenvalue weighted by atomic mass is 9.98. The Kier molecular flexibility index (Phi) is 3.71. The Morgan fingerprint density at radius 3 is 2.81 bits per heavy atom. The maximum absolute atomic E-state index is 10.1. The van der Waals surface area contributed by atoms with Crippen LogP contribution in [0.15, 0.2) is 47.6 Å². The van der Waals surface area contributed by atoms with Crippen LogP contribution in [0.25, 0.3) is 0 Å². The number of phenolic OH excluding ortho intramolecular Hbond substituents is 1. The van der Waals surface area contributed by atoms with E-state index in [1.807, 2.05) is 30.3 Å². The molecular formula is C16H15ClN2O2. The van der Waals surface area contributed by atoms with Gasteiger partial charge in [-0.05, 0) is 23.8 Å². The zero-order valence-electron chi connectivity index (χ0n) is 11.5. The summed E-state index contributed by atoms with van der Waals surface area (Å²) in [5.74, 6) is 0.778. The molecule has 1 heterocycles. The molecule has 2 aromatic rings. The van der Waals surface area contributed by atoms with Crippen molar-refractivity contribution < 1.29 is 9.84 Å². The van der Waals surface area contributed by atoms with Gasteiger partial charge in [-0.25, -0.2) is 0 Å². The number of phenols is 1. The average molecular weight is 303 g/mol. The molecular weight excluding hydrogens is 288 g/mol. The minimum atomic E-state index is 0.0233. The fraction of sp³-hybridized carbons (Fsp3) is 0.188. The van der Waals surface area contributed by atoms with Crippen molar-refractivity contribution in [3.63, 3.8) is 0 Å². The fourth-order valence-corrected chi connectivity index (χ4v) is 2.70. The van der Waals surface area contributed by atoms with Crippen molar-refractivity contribution in [2.24, 2.45) is 5.10 Å². The second-order valence-corrected chi connectivity index (χ2v) is 5.26. The van der Waals surface area contributed by atoms with Crippen molar-refractivity contribution in [1.29, 1.82) is 0 Å². The molecule has 2 N–H and O–H groups in total. The van der Waals surface area contributed by atoms with Crippen molar-refractivity contribution in [3.05, 3.63) is 58.6 Å². The summed E-state index contributed by atoms with van der Waals surface area (Å²) in [7, 11) is 1.57. The van der Waals surface area contributed by atoms with Gasteiger partial charge < -0.3 is 15.3 Å². The van der Waals surface area contributed by atoms with E-state index in [-0.39, 0.29) is 11.8 Å². The lowest BCUT2D eigenvalue weighted by molar-refractivity contribution is 0.407. The number of halogens is 1. The van der Waals surface area contributed by atoms with E-state index in [4.69, 9.17) is 16.3 Å². The number of nitrogens with one attached hydrogen (secondary N) is 1. The molecule has 0 saturated carbocycles. The Morgan fingerprint density at radius 1 is 1.29 bits per heavy atom. The Balaban J connectivity index is 1.83. The van der Waals surface area contributed by atoms with Crippen LogP contribution in [-0.2, 0) is 0 Å². The Hall–Kier alpha value is -2.20. The van der Waals surface area contributed by atoms with Crippen molar-refractivity contribution >= 4 is 17.3 Å². The number of hydrogen-bond acceptors (Lipinski definition) is 4. The number of rotatable bonds is 3. The number of aromatic hydroxyl groups is 1. The number of hydrogen-bond donors (Lipinski definition) is 2. The first-order valence-corrected chi connectivity index (χ1v) is 7.00. The molecule has 108 valence electrons. The minimum Gasteiger partial charge on any atom is -0.507 e. The number of benzene rings is 2. The van der Waals surface area contributed by atoms with E-state index in [1.165, 1.54) is 0 Å². The molecule has 0 aliphatic carbocycles. The zero-order chi connectivity index (χ0) is 14.8. The first-order valence-electron chi connectivity index (χ1n) is 6.63. The first-order chi connectivity index (χ1) is 10.2. The van der Waals surface area contributed by atoms with Gasteiger partial charge in [-0.3, -0.25) is 0 Å². The van der Waals surface area contributed by atoms with Crippen molar-refractivity contribution in [1.82, 2.24) is 5.43 Å². The quantitative estimate of drug-likeness (QED) is 0.912. The highest BCUT2D eigenvalue weighted by Gasteiger charge is 2.24. The molecule has 4 nitrogen and oxygen atoms in total. The third kappa shape index (κ3) is 2.67. The van der Waals surface area contributed by atoms with Crippen molar-refractivity contribution in [2.45, 2.75) is 12.5 Å². The van der Waals surface area contributed by atoms with Gasteiger partial charge >= 0.3 is 0 Å². The summed E-state index contributed by atoms with van der Waals surface area (Å²) in [6.07, 6.45) is 0.670. The molecule has 0 saturated heterocycles. The number of ether oxygens (including phenoxy) is 1. The molecule has 0 bridgehead atoms. The van der Waals surface area contributed by atoms with Crippen molar-refractivity contribution in [3.8, 4) is 11.5 Å². The maximum Gasteiger partial charge on any atom is 0.128 e. The minimum absolute atomic E-state index is 0.0233. The summed E-state index contributed by atoms with van der Waals surface area (Å²) in [5.41, 5.74) is 5.60. The highest BCUT2D eigenvalue weighted by atomic mass is 35.5. The predicted octanol–water partition coefficient (Wildman–Crippen LogP) is 3.49. The largest absolute Gasteiger partial charge is 0.507 e. The third-order valence-corrected chi connectivity index (χ3v) is 3.89. The van der Waals surface area contributed by atoms with Crippen LogP contribution >= 0.6 is 11.6 Å². The Morgan fingerprint density at radius 2 is 2.10 bits per heavy atom. The van der Waals surface area contributed by atoms with Crippen LogP contribution in [-0.4, -0.2) is 17.9 Å². The molecule has 21 heavy (non-hydrogen) atoms. The van der Waals surface area contributed by atoms with Gasteiger partial charge in [0.05, 0.1) is 18.9 Å². The summed E-state index contributed by atoms with van der Waals surface area (Å²) in [6.45, 7) is 0. The average Bonchev–Trinajstić information content (AvgIpc) is 2.97. The smallest absolute Gasteiger partial charge is 0.128 e. The molecule has 1 atom stereocenters. The van der Waals surface area contributed by atoms with Gasteiger partial charge in [0.25, 0.3) is 0 Å². The van der Waals surface area contributed by atoms with Gasteiger partial charge in [0.15, 0.2) is 0 Å². The van der Waals surface area contributed by atoms with Crippen LogP contribution in [0.1, 0.15) is 23.6 Å². The van der Waals surface area contributed by atoms with Crippen molar-refractivity contribution in [2.75, 3.05) is 7.11 Å². The predicted molar refractivity (Wildman–Crippen MR) is 83.1 cm³/mol. The van der Waals surface area contributed by atoms with E-state index >= 15 is 0 Å². The number of hydrazone groups is 1. The molecule has 2 aromatic carbocycles. The van der Waals surface area contributed by atoms with Crippen LogP contribution in [0.3, 0.4) is 0 Å². The summed E-state index contributed by atoms with van der Waals surface area (Å²) in [6, 6.07) is 12.9. The lowest BCUT2D eigenvalue weighted by Gasteiger charge is -2.12. The number of nitrogens with zero attached hydrogens (tertiary/aromatic N) is 1. The van der Waals surface area contributed by atoms with E-state index < -0.39 is 0 Å². The van der Waals surface area contributed by atoms with Gasteiger partial charge in [0.1, 0.15) is 11.5 Å². The highest BCUT2D eigenvalue weighted by Crippen LogP contribution is 2.32. The Bertz CT molecular complexity index is 700. The summed E-state index contributed by atoms with van der Waals surface area (Å²) in [4.78, 5) is 0. The van der Waals surface area contributed by atoms with Crippen LogP contribution in [0.2, 0.25) is 5.02 Å². The van der Waals surface area contributed by atoms with Crippen LogP contribution < -0.4 is 10.2 Å². The summed E-state index contributed by atoms with van der Waals surface area (Å²) < 4.78 is 5.09. The molecule has 3 rings (SSSR count). The molecule has 1 aliphatic heterocycles. The molecule has 1 unspecified atom stereocenters. The topological polar surface area (TPSA) is 53.8 Å². The normalized spacial score (nSPS) is 17.2. The van der Waals surface area contributed by atoms with Gasteiger partial charge in [-0.15, -0.1) is 0 Å². The maximum atomic E-state index is 10.1. The van der Waals surface area contributed by atoms with E-state index in [0.717, 1.165) is 11.3 Å². The third-order valence-electron chi connectivity index (χ3n) is 3.55. The highest BCUT2D eigenvalue weighted by molar-refractivity contribution is 6.31. The molecule has 0 spiro atoms. The van der Waals surface area contributed by atoms with E-state index in [0.29, 0.717) is 22.8 Å². The van der Waals surface area contributed by atoms with Crippen LogP contribution in [0.4, 0.5) is 0 Å². The first kappa shape index (κ1) is 13.8. The molecule has 0 fully saturated rings. The second-order valence-electron chi connectivity index (χ2n) is 4.85. The van der Waals surface area contributed by atoms with Gasteiger partial charge in [-0.2, -0.15) is 5.10 Å². The zero-order valence-corrected chi connectivity index (χ0v) is 12.3. The number of methoxy groups -OCH3 is 1. The summed E-state index contributed by atoms with van der Waals surface area (Å²) >= 11 is 6.21. The molecule has 0 aromatic heterocycles. The molecule has 1 aliphatic rings. The van der Waals surface area contributed by atoms with Gasteiger partial charge in [-0.1, -0.05) is 29.8 Å².